The van der Waals surface area contributed by atoms with Gasteiger partial charge in [0, 0.05) is 0 Å². The monoisotopic (exact) mass is 266 g/mol. The minimum absolute atomic E-state index is 0.200. The minimum atomic E-state index is -0.235. The molecule has 20 heavy (non-hydrogen) atoms. The third kappa shape index (κ3) is 4.09. The van der Waals surface area contributed by atoms with E-state index in [9.17, 15) is 4.79 Å². The summed E-state index contributed by atoms with van der Waals surface area (Å²) in [5, 5.41) is 0. The van der Waals surface area contributed by atoms with Gasteiger partial charge in [0.15, 0.2) is 0 Å². The highest BCUT2D eigenvalue weighted by Crippen LogP contribution is 2.16. The Balaban J connectivity index is 1.82. The summed E-state index contributed by atoms with van der Waals surface area (Å²) < 4.78 is 5.25. The molecular formula is C18H18O2. The first-order valence-corrected chi connectivity index (χ1v) is 6.70. The summed E-state index contributed by atoms with van der Waals surface area (Å²) in [6.45, 7) is 2.16. The van der Waals surface area contributed by atoms with Crippen LogP contribution in [0.2, 0.25) is 0 Å². The van der Waals surface area contributed by atoms with E-state index in [1.807, 2.05) is 79.7 Å². The van der Waals surface area contributed by atoms with E-state index < -0.39 is 0 Å². The first-order valence-electron chi connectivity index (χ1n) is 6.70. The number of carbonyl (C=O) groups is 1. The SMILES string of the molecule is CC(C(=O)OCC=Cc1ccccc1)c1ccccc1. The Labute approximate surface area is 119 Å². The van der Waals surface area contributed by atoms with Crippen LogP contribution in [0.5, 0.6) is 0 Å². The standard InChI is InChI=1S/C18H18O2/c1-15(17-12-6-3-7-13-17)18(19)20-14-8-11-16-9-4-2-5-10-16/h2-13,15H,14H2,1H3. The van der Waals surface area contributed by atoms with Gasteiger partial charge in [-0.1, -0.05) is 66.7 Å². The van der Waals surface area contributed by atoms with Crippen LogP contribution in [0.3, 0.4) is 0 Å². The largest absolute Gasteiger partial charge is 0.461 e. The van der Waals surface area contributed by atoms with Gasteiger partial charge < -0.3 is 4.74 Å². The van der Waals surface area contributed by atoms with Gasteiger partial charge in [-0.05, 0) is 24.1 Å². The van der Waals surface area contributed by atoms with Crippen molar-refractivity contribution < 1.29 is 9.53 Å². The molecule has 1 unspecified atom stereocenters. The summed E-state index contributed by atoms with van der Waals surface area (Å²) >= 11 is 0. The molecule has 0 aliphatic heterocycles. The second kappa shape index (κ2) is 7.29. The summed E-state index contributed by atoms with van der Waals surface area (Å²) in [6, 6.07) is 19.6. The predicted molar refractivity (Wildman–Crippen MR) is 81.3 cm³/mol. The third-order valence-electron chi connectivity index (χ3n) is 3.08. The van der Waals surface area contributed by atoms with E-state index in [1.54, 1.807) is 0 Å². The van der Waals surface area contributed by atoms with Gasteiger partial charge in [0.05, 0.1) is 5.92 Å². The lowest BCUT2D eigenvalue weighted by atomic mass is 10.0. The van der Waals surface area contributed by atoms with Crippen molar-refractivity contribution in [3.63, 3.8) is 0 Å². The Bertz CT molecular complexity index is 558. The van der Waals surface area contributed by atoms with Gasteiger partial charge in [0.25, 0.3) is 0 Å². The summed E-state index contributed by atoms with van der Waals surface area (Å²) in [7, 11) is 0. The molecule has 2 heteroatoms. The maximum atomic E-state index is 11.9. The molecule has 0 N–H and O–H groups in total. The first kappa shape index (κ1) is 14.1. The van der Waals surface area contributed by atoms with Crippen molar-refractivity contribution in [1.82, 2.24) is 0 Å². The highest BCUT2D eigenvalue weighted by atomic mass is 16.5. The average Bonchev–Trinajstić information content (AvgIpc) is 2.52. The predicted octanol–water partition coefficient (Wildman–Crippen LogP) is 4.05. The molecule has 2 aromatic rings. The highest BCUT2D eigenvalue weighted by Gasteiger charge is 2.15. The van der Waals surface area contributed by atoms with Gasteiger partial charge in [-0.25, -0.2) is 0 Å². The van der Waals surface area contributed by atoms with Crippen LogP contribution in [-0.4, -0.2) is 12.6 Å². The van der Waals surface area contributed by atoms with E-state index in [1.165, 1.54) is 0 Å². The Kier molecular flexibility index (Phi) is 5.13. The first-order chi connectivity index (χ1) is 9.77. The molecule has 0 fully saturated rings. The molecule has 0 spiro atoms. The molecule has 2 aromatic carbocycles. The van der Waals surface area contributed by atoms with Crippen LogP contribution >= 0.6 is 0 Å². The van der Waals surface area contributed by atoms with Crippen LogP contribution in [0.25, 0.3) is 6.08 Å². The third-order valence-corrected chi connectivity index (χ3v) is 3.08. The Hall–Kier alpha value is -2.35. The second-order valence-corrected chi connectivity index (χ2v) is 4.58. The van der Waals surface area contributed by atoms with Gasteiger partial charge in [-0.15, -0.1) is 0 Å². The fourth-order valence-electron chi connectivity index (χ4n) is 1.88. The summed E-state index contributed by atoms with van der Waals surface area (Å²) in [6.07, 6.45) is 3.80. The van der Waals surface area contributed by atoms with Gasteiger partial charge in [-0.2, -0.15) is 0 Å². The van der Waals surface area contributed by atoms with Crippen molar-refractivity contribution in [2.75, 3.05) is 6.61 Å². The van der Waals surface area contributed by atoms with Crippen LogP contribution in [0, 0.1) is 0 Å². The Morgan fingerprint density at radius 2 is 1.65 bits per heavy atom. The minimum Gasteiger partial charge on any atom is -0.461 e. The van der Waals surface area contributed by atoms with Crippen molar-refractivity contribution in [1.29, 1.82) is 0 Å². The smallest absolute Gasteiger partial charge is 0.313 e. The zero-order valence-electron chi connectivity index (χ0n) is 11.5. The van der Waals surface area contributed by atoms with E-state index in [4.69, 9.17) is 4.74 Å². The lowest BCUT2D eigenvalue weighted by molar-refractivity contribution is -0.143. The van der Waals surface area contributed by atoms with E-state index in [2.05, 4.69) is 0 Å². The van der Waals surface area contributed by atoms with Crippen molar-refractivity contribution in [3.8, 4) is 0 Å². The lowest BCUT2D eigenvalue weighted by Gasteiger charge is -2.10. The molecule has 0 bridgehead atoms. The molecule has 2 rings (SSSR count). The van der Waals surface area contributed by atoms with Crippen molar-refractivity contribution in [3.05, 3.63) is 77.9 Å². The fourth-order valence-corrected chi connectivity index (χ4v) is 1.88. The highest BCUT2D eigenvalue weighted by molar-refractivity contribution is 5.77. The normalized spacial score (nSPS) is 12.2. The topological polar surface area (TPSA) is 26.3 Å². The molecule has 0 aliphatic rings. The summed E-state index contributed by atoms with van der Waals surface area (Å²) in [5.41, 5.74) is 2.07. The molecule has 0 aromatic heterocycles. The molecule has 0 amide bonds. The molecule has 0 heterocycles. The van der Waals surface area contributed by atoms with E-state index in [0.717, 1.165) is 11.1 Å². The number of hydrogen-bond acceptors (Lipinski definition) is 2. The molecule has 1 atom stereocenters. The van der Waals surface area contributed by atoms with E-state index >= 15 is 0 Å². The molecule has 0 saturated carbocycles. The zero-order valence-corrected chi connectivity index (χ0v) is 11.5. The van der Waals surface area contributed by atoms with Crippen molar-refractivity contribution in [2.24, 2.45) is 0 Å². The maximum absolute atomic E-state index is 11.9. The molecule has 2 nitrogen and oxygen atoms in total. The number of benzene rings is 2. The van der Waals surface area contributed by atoms with Gasteiger partial charge in [0.2, 0.25) is 0 Å². The zero-order chi connectivity index (χ0) is 14.2. The van der Waals surface area contributed by atoms with Crippen LogP contribution < -0.4 is 0 Å². The number of rotatable bonds is 5. The summed E-state index contributed by atoms with van der Waals surface area (Å²) in [5.74, 6) is -0.435. The number of carbonyl (C=O) groups excluding carboxylic acids is 1. The van der Waals surface area contributed by atoms with Crippen LogP contribution in [0.1, 0.15) is 24.0 Å². The maximum Gasteiger partial charge on any atom is 0.313 e. The fraction of sp³-hybridized carbons (Fsp3) is 0.167. The Morgan fingerprint density at radius 1 is 1.05 bits per heavy atom. The van der Waals surface area contributed by atoms with E-state index in [-0.39, 0.29) is 11.9 Å². The number of esters is 1. The molecule has 0 saturated heterocycles. The quantitative estimate of drug-likeness (QED) is 0.763. The Morgan fingerprint density at radius 3 is 2.30 bits per heavy atom. The van der Waals surface area contributed by atoms with Crippen LogP contribution in [0.4, 0.5) is 0 Å². The molecule has 102 valence electrons. The number of ether oxygens (including phenoxy) is 1. The summed E-state index contributed by atoms with van der Waals surface area (Å²) in [4.78, 5) is 11.9. The average molecular weight is 266 g/mol. The van der Waals surface area contributed by atoms with Crippen molar-refractivity contribution >= 4 is 12.0 Å². The van der Waals surface area contributed by atoms with Crippen molar-refractivity contribution in [2.45, 2.75) is 12.8 Å². The molecule has 0 aliphatic carbocycles. The molecule has 0 radical (unpaired) electrons. The lowest BCUT2D eigenvalue weighted by Crippen LogP contribution is -2.13. The van der Waals surface area contributed by atoms with E-state index in [0.29, 0.717) is 6.61 Å². The van der Waals surface area contributed by atoms with Gasteiger partial charge >= 0.3 is 5.97 Å². The van der Waals surface area contributed by atoms with Gasteiger partial charge in [0.1, 0.15) is 6.61 Å². The van der Waals surface area contributed by atoms with Crippen LogP contribution in [-0.2, 0) is 9.53 Å². The van der Waals surface area contributed by atoms with Crippen LogP contribution in [0.15, 0.2) is 66.7 Å². The second-order valence-electron chi connectivity index (χ2n) is 4.58. The number of hydrogen-bond donors (Lipinski definition) is 0. The molecular weight excluding hydrogens is 248 g/mol. The van der Waals surface area contributed by atoms with Gasteiger partial charge in [-0.3, -0.25) is 4.79 Å².